The van der Waals surface area contributed by atoms with Crippen LogP contribution in [0, 0.1) is 11.8 Å². The van der Waals surface area contributed by atoms with E-state index in [2.05, 4.69) is 5.32 Å². The van der Waals surface area contributed by atoms with Gasteiger partial charge in [0.2, 0.25) is 0 Å². The van der Waals surface area contributed by atoms with E-state index in [1.807, 2.05) is 0 Å². The third-order valence-electron chi connectivity index (χ3n) is 3.91. The predicted molar refractivity (Wildman–Crippen MR) is 58.6 cm³/mol. The summed E-state index contributed by atoms with van der Waals surface area (Å²) < 4.78 is 0. The molecule has 3 nitrogen and oxygen atoms in total. The lowest BCUT2D eigenvalue weighted by Gasteiger charge is -2.30. The minimum Gasteiger partial charge on any atom is -0.396 e. The first-order valence-electron chi connectivity index (χ1n) is 6.21. The number of ketones is 1. The molecule has 1 saturated carbocycles. The number of aliphatic hydroxyl groups is 1. The van der Waals surface area contributed by atoms with E-state index < -0.39 is 0 Å². The van der Waals surface area contributed by atoms with E-state index in [9.17, 15) is 9.90 Å². The second-order valence-corrected chi connectivity index (χ2v) is 4.88. The molecule has 2 rings (SSSR count). The summed E-state index contributed by atoms with van der Waals surface area (Å²) in [7, 11) is 0. The standard InChI is InChI=1S/C12H21NO2/c14-8-9-4-1-2-5-10(9)12(15)11-6-3-7-13-11/h9-11,13-14H,1-8H2. The lowest BCUT2D eigenvalue weighted by molar-refractivity contribution is -0.128. The van der Waals surface area contributed by atoms with Gasteiger partial charge in [0.25, 0.3) is 0 Å². The van der Waals surface area contributed by atoms with Gasteiger partial charge in [-0.05, 0) is 38.1 Å². The lowest BCUT2D eigenvalue weighted by atomic mass is 9.75. The number of hydrogen-bond donors (Lipinski definition) is 2. The first-order chi connectivity index (χ1) is 7.33. The van der Waals surface area contributed by atoms with Gasteiger partial charge in [-0.1, -0.05) is 12.8 Å². The van der Waals surface area contributed by atoms with Crippen LogP contribution in [0.1, 0.15) is 38.5 Å². The van der Waals surface area contributed by atoms with Crippen LogP contribution in [-0.4, -0.2) is 30.1 Å². The summed E-state index contributed by atoms with van der Waals surface area (Å²) in [4.78, 5) is 12.2. The molecule has 86 valence electrons. The molecule has 3 heteroatoms. The Hall–Kier alpha value is -0.410. The fraction of sp³-hybridized carbons (Fsp3) is 0.917. The molecule has 3 atom stereocenters. The number of aliphatic hydroxyl groups excluding tert-OH is 1. The highest BCUT2D eigenvalue weighted by Gasteiger charge is 2.35. The van der Waals surface area contributed by atoms with Gasteiger partial charge in [0, 0.05) is 12.5 Å². The molecule has 3 unspecified atom stereocenters. The smallest absolute Gasteiger partial charge is 0.153 e. The van der Waals surface area contributed by atoms with Crippen LogP contribution in [-0.2, 0) is 4.79 Å². The van der Waals surface area contributed by atoms with Gasteiger partial charge in [-0.15, -0.1) is 0 Å². The summed E-state index contributed by atoms with van der Waals surface area (Å²) in [5.74, 6) is 0.722. The highest BCUT2D eigenvalue weighted by molar-refractivity contribution is 5.86. The van der Waals surface area contributed by atoms with E-state index in [1.165, 1.54) is 6.42 Å². The molecule has 2 fully saturated rings. The Morgan fingerprint density at radius 2 is 2.00 bits per heavy atom. The Kier molecular flexibility index (Phi) is 3.76. The van der Waals surface area contributed by atoms with Crippen LogP contribution in [0.4, 0.5) is 0 Å². The van der Waals surface area contributed by atoms with Crippen molar-refractivity contribution < 1.29 is 9.90 Å². The van der Waals surface area contributed by atoms with E-state index in [-0.39, 0.29) is 24.5 Å². The zero-order valence-corrected chi connectivity index (χ0v) is 9.24. The van der Waals surface area contributed by atoms with Gasteiger partial charge < -0.3 is 10.4 Å². The Morgan fingerprint density at radius 3 is 2.67 bits per heavy atom. The summed E-state index contributed by atoms with van der Waals surface area (Å²) in [6.07, 6.45) is 6.45. The third kappa shape index (κ3) is 2.40. The Morgan fingerprint density at radius 1 is 1.20 bits per heavy atom. The van der Waals surface area contributed by atoms with Crippen molar-refractivity contribution in [3.8, 4) is 0 Å². The molecule has 0 aromatic rings. The Labute approximate surface area is 91.2 Å². The normalized spacial score (nSPS) is 36.7. The number of rotatable bonds is 3. The maximum Gasteiger partial charge on any atom is 0.153 e. The molecule has 0 amide bonds. The number of nitrogens with one attached hydrogen (secondary N) is 1. The maximum absolute atomic E-state index is 12.2. The predicted octanol–water partition coefficient (Wildman–Crippen LogP) is 1.11. The minimum absolute atomic E-state index is 0.0853. The van der Waals surface area contributed by atoms with Gasteiger partial charge in [-0.2, -0.15) is 0 Å². The SMILES string of the molecule is O=C(C1CCCN1)C1CCCCC1CO. The molecule has 2 N–H and O–H groups in total. The van der Waals surface area contributed by atoms with Crippen LogP contribution in [0.5, 0.6) is 0 Å². The van der Waals surface area contributed by atoms with Gasteiger partial charge in [0.1, 0.15) is 0 Å². The van der Waals surface area contributed by atoms with E-state index in [0.717, 1.165) is 38.6 Å². The van der Waals surface area contributed by atoms with Crippen molar-refractivity contribution in [2.45, 2.75) is 44.6 Å². The third-order valence-corrected chi connectivity index (χ3v) is 3.91. The zero-order chi connectivity index (χ0) is 10.7. The quantitative estimate of drug-likeness (QED) is 0.735. The van der Waals surface area contributed by atoms with E-state index in [1.54, 1.807) is 0 Å². The van der Waals surface area contributed by atoms with Crippen molar-refractivity contribution in [2.24, 2.45) is 11.8 Å². The molecular weight excluding hydrogens is 190 g/mol. The Bertz CT molecular complexity index is 224. The molecule has 0 radical (unpaired) electrons. The average molecular weight is 211 g/mol. The summed E-state index contributed by atoms with van der Waals surface area (Å²) in [6.45, 7) is 1.16. The van der Waals surface area contributed by atoms with Gasteiger partial charge in [0.15, 0.2) is 5.78 Å². The van der Waals surface area contributed by atoms with Crippen molar-refractivity contribution in [1.29, 1.82) is 0 Å². The topological polar surface area (TPSA) is 49.3 Å². The molecule has 0 spiro atoms. The summed E-state index contributed by atoms with van der Waals surface area (Å²) in [5, 5.41) is 12.5. The second kappa shape index (κ2) is 5.08. The zero-order valence-electron chi connectivity index (χ0n) is 9.24. The molecule has 1 aliphatic heterocycles. The lowest BCUT2D eigenvalue weighted by Crippen LogP contribution is -2.40. The van der Waals surface area contributed by atoms with E-state index in [0.29, 0.717) is 5.78 Å². The fourth-order valence-electron chi connectivity index (χ4n) is 2.99. The molecule has 0 aromatic carbocycles. The van der Waals surface area contributed by atoms with Gasteiger partial charge in [0.05, 0.1) is 6.04 Å². The van der Waals surface area contributed by atoms with Crippen molar-refractivity contribution in [3.63, 3.8) is 0 Å². The van der Waals surface area contributed by atoms with Gasteiger partial charge >= 0.3 is 0 Å². The molecular formula is C12H21NO2. The summed E-state index contributed by atoms with van der Waals surface area (Å²) in [5.41, 5.74) is 0. The number of Topliss-reactive ketones (excluding diaryl/α,β-unsaturated/α-hetero) is 1. The van der Waals surface area contributed by atoms with Crippen molar-refractivity contribution in [2.75, 3.05) is 13.2 Å². The van der Waals surface area contributed by atoms with Crippen molar-refractivity contribution in [3.05, 3.63) is 0 Å². The monoisotopic (exact) mass is 211 g/mol. The molecule has 2 aliphatic rings. The van der Waals surface area contributed by atoms with Crippen LogP contribution < -0.4 is 5.32 Å². The molecule has 0 aromatic heterocycles. The molecule has 1 aliphatic carbocycles. The molecule has 1 heterocycles. The summed E-state index contributed by atoms with van der Waals surface area (Å²) in [6, 6.07) is 0.0853. The van der Waals surface area contributed by atoms with E-state index in [4.69, 9.17) is 0 Å². The largest absolute Gasteiger partial charge is 0.396 e. The summed E-state index contributed by atoms with van der Waals surface area (Å²) >= 11 is 0. The van der Waals surface area contributed by atoms with Crippen molar-refractivity contribution in [1.82, 2.24) is 5.32 Å². The van der Waals surface area contributed by atoms with Crippen LogP contribution >= 0.6 is 0 Å². The molecule has 15 heavy (non-hydrogen) atoms. The highest BCUT2D eigenvalue weighted by atomic mass is 16.3. The number of hydrogen-bond acceptors (Lipinski definition) is 3. The number of carbonyl (C=O) groups is 1. The second-order valence-electron chi connectivity index (χ2n) is 4.88. The fourth-order valence-corrected chi connectivity index (χ4v) is 2.99. The minimum atomic E-state index is 0.0853. The molecule has 1 saturated heterocycles. The van der Waals surface area contributed by atoms with Crippen LogP contribution in [0.25, 0.3) is 0 Å². The van der Waals surface area contributed by atoms with Gasteiger partial charge in [-0.25, -0.2) is 0 Å². The van der Waals surface area contributed by atoms with Crippen molar-refractivity contribution >= 4 is 5.78 Å². The highest BCUT2D eigenvalue weighted by Crippen LogP contribution is 2.32. The maximum atomic E-state index is 12.2. The van der Waals surface area contributed by atoms with E-state index >= 15 is 0 Å². The number of carbonyl (C=O) groups excluding carboxylic acids is 1. The first-order valence-corrected chi connectivity index (χ1v) is 6.21. The Balaban J connectivity index is 1.96. The average Bonchev–Trinajstić information content (AvgIpc) is 2.81. The van der Waals surface area contributed by atoms with Crippen LogP contribution in [0.15, 0.2) is 0 Å². The van der Waals surface area contributed by atoms with Gasteiger partial charge in [-0.3, -0.25) is 4.79 Å². The van der Waals surface area contributed by atoms with Crippen LogP contribution in [0.2, 0.25) is 0 Å². The first kappa shape index (κ1) is 11.1. The van der Waals surface area contributed by atoms with Crippen LogP contribution in [0.3, 0.4) is 0 Å². The molecule has 0 bridgehead atoms.